The van der Waals surface area contributed by atoms with Crippen LogP contribution in [0.25, 0.3) is 10.9 Å². The van der Waals surface area contributed by atoms with E-state index in [1.807, 2.05) is 18.2 Å². The first kappa shape index (κ1) is 21.2. The molecule has 1 aromatic heterocycles. The fraction of sp³-hybridized carbons (Fsp3) is 0.407. The third kappa shape index (κ3) is 6.84. The van der Waals surface area contributed by atoms with Crippen molar-refractivity contribution in [2.75, 3.05) is 0 Å². The molecule has 2 aromatic carbocycles. The van der Waals surface area contributed by atoms with Gasteiger partial charge in [-0.15, -0.1) is 0 Å². The van der Waals surface area contributed by atoms with Crippen LogP contribution in [0.1, 0.15) is 71.2 Å². The lowest BCUT2D eigenvalue weighted by molar-refractivity contribution is -0.137. The number of halogens is 2. The summed E-state index contributed by atoms with van der Waals surface area (Å²) in [5.74, 6) is -1.60. The molecule has 0 radical (unpaired) electrons. The Labute approximate surface area is 209 Å². The average Bonchev–Trinajstić information content (AvgIpc) is 3.09. The van der Waals surface area contributed by atoms with Gasteiger partial charge in [0.05, 0.1) is 0 Å². The molecule has 0 fully saturated rings. The van der Waals surface area contributed by atoms with Crippen molar-refractivity contribution in [2.45, 2.75) is 58.3 Å². The predicted octanol–water partition coefficient (Wildman–Crippen LogP) is 7.51. The number of carbonyl (C=O) groups is 2. The summed E-state index contributed by atoms with van der Waals surface area (Å²) in [5.41, 5.74) is 2.43. The fourth-order valence-electron chi connectivity index (χ4n) is 4.32. The molecule has 0 amide bonds. The number of carbonyl (C=O) groups excluding carboxylic acids is 1. The Hall–Kier alpha value is -2.30. The minimum atomic E-state index is -2.47. The SMILES string of the molecule is [2H]C([2H])([2H])n1c(CCCCCCc2cccc(Cl)c2)c(C(=O)C[C@H](C)CC(=O)O)c2cc(Cl)ccc21. The molecule has 3 aromatic rings. The smallest absolute Gasteiger partial charge is 0.303 e. The quantitative estimate of drug-likeness (QED) is 0.211. The van der Waals surface area contributed by atoms with Gasteiger partial charge in [-0.3, -0.25) is 9.59 Å². The van der Waals surface area contributed by atoms with E-state index in [2.05, 4.69) is 6.07 Å². The molecule has 1 N–H and O–H groups in total. The Morgan fingerprint density at radius 1 is 1.00 bits per heavy atom. The summed E-state index contributed by atoms with van der Waals surface area (Å²) in [6.07, 6.45) is 4.78. The Morgan fingerprint density at radius 3 is 2.42 bits per heavy atom. The molecular formula is C27H31Cl2NO3. The molecule has 4 nitrogen and oxygen atoms in total. The second-order valence-corrected chi connectivity index (χ2v) is 9.57. The summed E-state index contributed by atoms with van der Waals surface area (Å²) in [7, 11) is 0. The van der Waals surface area contributed by atoms with Gasteiger partial charge >= 0.3 is 5.97 Å². The maximum atomic E-state index is 13.4. The number of nitrogens with zero attached hydrogens (tertiary/aromatic N) is 1. The summed E-state index contributed by atoms with van der Waals surface area (Å²) < 4.78 is 25.8. The van der Waals surface area contributed by atoms with E-state index in [-0.39, 0.29) is 24.5 Å². The number of hydrogen-bond acceptors (Lipinski definition) is 2. The van der Waals surface area contributed by atoms with Gasteiger partial charge in [-0.05, 0) is 67.5 Å². The van der Waals surface area contributed by atoms with E-state index in [0.717, 1.165) is 37.1 Å². The number of unbranched alkanes of at least 4 members (excludes halogenated alkanes) is 3. The van der Waals surface area contributed by atoms with Gasteiger partial charge in [-0.2, -0.15) is 0 Å². The molecule has 0 saturated carbocycles. The number of fused-ring (bicyclic) bond motifs is 1. The third-order valence-corrected chi connectivity index (χ3v) is 6.35. The van der Waals surface area contributed by atoms with Crippen molar-refractivity contribution >= 4 is 45.9 Å². The van der Waals surface area contributed by atoms with E-state index in [1.54, 1.807) is 25.1 Å². The molecule has 0 aliphatic rings. The van der Waals surface area contributed by atoms with Crippen molar-refractivity contribution in [3.8, 4) is 0 Å². The number of aryl methyl sites for hydroxylation is 2. The first-order chi connectivity index (χ1) is 17.0. The number of carboxylic acid groups (broad SMARTS) is 1. The van der Waals surface area contributed by atoms with Crippen LogP contribution < -0.4 is 0 Å². The second kappa shape index (κ2) is 11.7. The molecule has 0 aliphatic heterocycles. The van der Waals surface area contributed by atoms with Crippen molar-refractivity contribution in [3.05, 3.63) is 69.3 Å². The Kier molecular flexibility index (Phi) is 7.54. The van der Waals surface area contributed by atoms with Gasteiger partial charge < -0.3 is 9.67 Å². The number of hydrogen-bond donors (Lipinski definition) is 1. The van der Waals surface area contributed by atoms with E-state index in [9.17, 15) is 9.59 Å². The zero-order valence-corrected chi connectivity index (χ0v) is 20.3. The Balaban J connectivity index is 1.82. The van der Waals surface area contributed by atoms with Crippen LogP contribution in [0.4, 0.5) is 0 Å². The zero-order chi connectivity index (χ0) is 26.5. The number of ketones is 1. The van der Waals surface area contributed by atoms with Gasteiger partial charge in [0, 0.05) is 56.1 Å². The van der Waals surface area contributed by atoms with Crippen molar-refractivity contribution in [3.63, 3.8) is 0 Å². The average molecular weight is 491 g/mol. The molecule has 176 valence electrons. The summed E-state index contributed by atoms with van der Waals surface area (Å²) in [6, 6.07) is 12.7. The summed E-state index contributed by atoms with van der Waals surface area (Å²) >= 11 is 12.3. The minimum Gasteiger partial charge on any atom is -0.481 e. The molecule has 33 heavy (non-hydrogen) atoms. The summed E-state index contributed by atoms with van der Waals surface area (Å²) in [4.78, 5) is 24.5. The second-order valence-electron chi connectivity index (χ2n) is 8.69. The third-order valence-electron chi connectivity index (χ3n) is 5.88. The first-order valence-electron chi connectivity index (χ1n) is 12.8. The number of Topliss-reactive ketones (excluding diaryl/α,β-unsaturated/α-hetero) is 1. The highest BCUT2D eigenvalue weighted by molar-refractivity contribution is 6.31. The fourth-order valence-corrected chi connectivity index (χ4v) is 4.71. The number of rotatable bonds is 12. The van der Waals surface area contributed by atoms with Crippen LogP contribution in [0.2, 0.25) is 10.0 Å². The minimum absolute atomic E-state index is 0.0194. The van der Waals surface area contributed by atoms with Crippen LogP contribution >= 0.6 is 23.2 Å². The van der Waals surface area contributed by atoms with Gasteiger partial charge in [0.25, 0.3) is 0 Å². The number of benzene rings is 2. The molecular weight excluding hydrogens is 457 g/mol. The Bertz CT molecular complexity index is 1240. The normalized spacial score (nSPS) is 14.0. The highest BCUT2D eigenvalue weighted by Gasteiger charge is 2.23. The number of carboxylic acids is 1. The maximum absolute atomic E-state index is 13.4. The maximum Gasteiger partial charge on any atom is 0.303 e. The highest BCUT2D eigenvalue weighted by atomic mass is 35.5. The van der Waals surface area contributed by atoms with E-state index in [4.69, 9.17) is 32.4 Å². The topological polar surface area (TPSA) is 59.3 Å². The molecule has 0 bridgehead atoms. The molecule has 1 heterocycles. The van der Waals surface area contributed by atoms with Crippen LogP contribution in [-0.2, 0) is 24.6 Å². The van der Waals surface area contributed by atoms with Gasteiger partial charge in [0.15, 0.2) is 5.78 Å². The molecule has 0 saturated heterocycles. The van der Waals surface area contributed by atoms with Crippen LogP contribution in [0.5, 0.6) is 0 Å². The predicted molar refractivity (Wildman–Crippen MR) is 136 cm³/mol. The van der Waals surface area contributed by atoms with Crippen molar-refractivity contribution < 1.29 is 18.8 Å². The summed E-state index contributed by atoms with van der Waals surface area (Å²) in [6.45, 7) is -0.763. The van der Waals surface area contributed by atoms with Gasteiger partial charge in [0.1, 0.15) is 0 Å². The largest absolute Gasteiger partial charge is 0.481 e. The molecule has 1 atom stereocenters. The van der Waals surface area contributed by atoms with E-state index in [1.165, 1.54) is 10.1 Å². The highest BCUT2D eigenvalue weighted by Crippen LogP contribution is 2.31. The van der Waals surface area contributed by atoms with Crippen molar-refractivity contribution in [1.82, 2.24) is 4.57 Å². The molecule has 6 heteroatoms. The number of aliphatic carboxylic acids is 1. The summed E-state index contributed by atoms with van der Waals surface area (Å²) in [5, 5.41) is 10.7. The van der Waals surface area contributed by atoms with E-state index >= 15 is 0 Å². The zero-order valence-electron chi connectivity index (χ0n) is 21.7. The first-order valence-corrected chi connectivity index (χ1v) is 12.1. The number of aromatic nitrogens is 1. The van der Waals surface area contributed by atoms with Crippen molar-refractivity contribution in [1.29, 1.82) is 0 Å². The van der Waals surface area contributed by atoms with Crippen LogP contribution in [-0.4, -0.2) is 21.4 Å². The Morgan fingerprint density at radius 2 is 1.73 bits per heavy atom. The monoisotopic (exact) mass is 490 g/mol. The van der Waals surface area contributed by atoms with E-state index in [0.29, 0.717) is 33.6 Å². The molecule has 0 unspecified atom stereocenters. The van der Waals surface area contributed by atoms with Crippen molar-refractivity contribution in [2.24, 2.45) is 12.9 Å². The molecule has 0 spiro atoms. The van der Waals surface area contributed by atoms with Crippen LogP contribution in [0.15, 0.2) is 42.5 Å². The molecule has 3 rings (SSSR count). The standard InChI is InChI=1S/C27H31Cl2NO3/c1-18(15-26(32)33)14-25(31)27-22-17-21(29)12-13-23(22)30(2)24(27)11-6-4-3-5-8-19-9-7-10-20(28)16-19/h7,9-10,12-13,16-18H,3-6,8,11,14-15H2,1-2H3,(H,32,33)/t18-/m0/s1/i2D3. The van der Waals surface area contributed by atoms with Crippen LogP contribution in [0.3, 0.4) is 0 Å². The van der Waals surface area contributed by atoms with Gasteiger partial charge in [0.2, 0.25) is 0 Å². The lowest BCUT2D eigenvalue weighted by Gasteiger charge is -2.11. The van der Waals surface area contributed by atoms with Gasteiger partial charge in [-0.1, -0.05) is 55.1 Å². The van der Waals surface area contributed by atoms with Gasteiger partial charge in [-0.25, -0.2) is 0 Å². The van der Waals surface area contributed by atoms with Crippen LogP contribution in [0, 0.1) is 5.92 Å². The molecule has 0 aliphatic carbocycles. The lowest BCUT2D eigenvalue weighted by Crippen LogP contribution is -2.12. The van der Waals surface area contributed by atoms with E-state index < -0.39 is 12.9 Å². The lowest BCUT2D eigenvalue weighted by atomic mass is 9.94.